The van der Waals surface area contributed by atoms with E-state index in [1.807, 2.05) is 11.8 Å². The van der Waals surface area contributed by atoms with Gasteiger partial charge in [0.15, 0.2) is 0 Å². The van der Waals surface area contributed by atoms with Crippen LogP contribution >= 0.6 is 0 Å². The average Bonchev–Trinajstić information content (AvgIpc) is 2.40. The van der Waals surface area contributed by atoms with E-state index in [0.29, 0.717) is 6.54 Å². The molecular weight excluding hydrogens is 228 g/mol. The van der Waals surface area contributed by atoms with Gasteiger partial charge in [0, 0.05) is 32.7 Å². The van der Waals surface area contributed by atoms with Crippen molar-refractivity contribution in [3.63, 3.8) is 0 Å². The highest BCUT2D eigenvalue weighted by atomic mass is 16.2. The van der Waals surface area contributed by atoms with E-state index in [1.54, 1.807) is 0 Å². The van der Waals surface area contributed by atoms with Gasteiger partial charge in [0.05, 0.1) is 18.0 Å². The van der Waals surface area contributed by atoms with Crippen LogP contribution in [0.5, 0.6) is 0 Å². The first kappa shape index (κ1) is 13.3. The Morgan fingerprint density at radius 1 is 1.39 bits per heavy atom. The van der Waals surface area contributed by atoms with Gasteiger partial charge >= 0.3 is 0 Å². The van der Waals surface area contributed by atoms with Crippen LogP contribution in [-0.4, -0.2) is 61.5 Å². The summed E-state index contributed by atoms with van der Waals surface area (Å²) in [5.41, 5.74) is -0.276. The van der Waals surface area contributed by atoms with E-state index in [9.17, 15) is 10.1 Å². The van der Waals surface area contributed by atoms with Gasteiger partial charge in [0.25, 0.3) is 0 Å². The number of rotatable bonds is 2. The van der Waals surface area contributed by atoms with Crippen LogP contribution in [0.1, 0.15) is 19.8 Å². The number of piperazine rings is 1. The predicted octanol–water partition coefficient (Wildman–Crippen LogP) is 0.0439. The fourth-order valence-corrected chi connectivity index (χ4v) is 2.78. The minimum Gasteiger partial charge on any atom is -0.339 e. The van der Waals surface area contributed by atoms with Gasteiger partial charge < -0.3 is 10.2 Å². The molecule has 18 heavy (non-hydrogen) atoms. The summed E-state index contributed by atoms with van der Waals surface area (Å²) in [4.78, 5) is 16.2. The maximum Gasteiger partial charge on any atom is 0.236 e. The van der Waals surface area contributed by atoms with E-state index in [4.69, 9.17) is 0 Å². The molecule has 5 nitrogen and oxygen atoms in total. The maximum atomic E-state index is 12.1. The van der Waals surface area contributed by atoms with Crippen LogP contribution in [0.3, 0.4) is 0 Å². The fraction of sp³-hybridized carbons (Fsp3) is 0.846. The molecule has 0 radical (unpaired) electrons. The summed E-state index contributed by atoms with van der Waals surface area (Å²) in [6, 6.07) is 2.39. The molecule has 2 fully saturated rings. The van der Waals surface area contributed by atoms with Crippen LogP contribution < -0.4 is 5.32 Å². The monoisotopic (exact) mass is 250 g/mol. The summed E-state index contributed by atoms with van der Waals surface area (Å²) < 4.78 is 0. The van der Waals surface area contributed by atoms with Gasteiger partial charge in [-0.15, -0.1) is 0 Å². The van der Waals surface area contributed by atoms with Gasteiger partial charge in [-0.3, -0.25) is 9.69 Å². The van der Waals surface area contributed by atoms with Gasteiger partial charge in [-0.2, -0.15) is 5.26 Å². The molecule has 0 spiro atoms. The van der Waals surface area contributed by atoms with Gasteiger partial charge in [-0.25, -0.2) is 0 Å². The van der Waals surface area contributed by atoms with Crippen LogP contribution in [0, 0.1) is 16.7 Å². The highest BCUT2D eigenvalue weighted by Crippen LogP contribution is 2.28. The molecule has 0 aliphatic carbocycles. The van der Waals surface area contributed by atoms with E-state index in [1.165, 1.54) is 0 Å². The summed E-state index contributed by atoms with van der Waals surface area (Å²) in [5, 5.41) is 12.4. The maximum absolute atomic E-state index is 12.1. The minimum absolute atomic E-state index is 0.207. The Balaban J connectivity index is 1.85. The molecule has 0 aromatic heterocycles. The molecule has 2 aliphatic heterocycles. The van der Waals surface area contributed by atoms with Gasteiger partial charge in [0.2, 0.25) is 5.91 Å². The van der Waals surface area contributed by atoms with E-state index in [0.717, 1.165) is 52.1 Å². The van der Waals surface area contributed by atoms with E-state index in [2.05, 4.69) is 16.3 Å². The molecule has 0 saturated carbocycles. The second-order valence-corrected chi connectivity index (χ2v) is 5.62. The molecule has 2 saturated heterocycles. The van der Waals surface area contributed by atoms with E-state index in [-0.39, 0.29) is 11.3 Å². The van der Waals surface area contributed by atoms with Crippen LogP contribution in [0.2, 0.25) is 0 Å². The first-order chi connectivity index (χ1) is 8.63. The Kier molecular flexibility index (Phi) is 4.20. The van der Waals surface area contributed by atoms with E-state index >= 15 is 0 Å². The Bertz CT molecular complexity index is 345. The number of nitriles is 1. The third kappa shape index (κ3) is 3.21. The van der Waals surface area contributed by atoms with Crippen molar-refractivity contribution in [3.8, 4) is 6.07 Å². The molecule has 0 bridgehead atoms. The highest BCUT2D eigenvalue weighted by Gasteiger charge is 2.32. The first-order valence-electron chi connectivity index (χ1n) is 6.75. The number of hydrogen-bond donors (Lipinski definition) is 1. The zero-order chi connectivity index (χ0) is 13.0. The van der Waals surface area contributed by atoms with Crippen LogP contribution in [0.25, 0.3) is 0 Å². The van der Waals surface area contributed by atoms with Crippen molar-refractivity contribution in [3.05, 3.63) is 0 Å². The molecule has 2 rings (SSSR count). The number of likely N-dealkylation sites (tertiary alicyclic amines) is 1. The predicted molar refractivity (Wildman–Crippen MR) is 68.8 cm³/mol. The molecule has 1 unspecified atom stereocenters. The first-order valence-corrected chi connectivity index (χ1v) is 6.75. The molecule has 1 N–H and O–H groups in total. The third-order valence-corrected chi connectivity index (χ3v) is 3.87. The minimum atomic E-state index is -0.276. The molecule has 0 aromatic carbocycles. The zero-order valence-electron chi connectivity index (χ0n) is 11.1. The number of hydrogen-bond acceptors (Lipinski definition) is 4. The summed E-state index contributed by atoms with van der Waals surface area (Å²) in [5.74, 6) is 0.207. The second-order valence-electron chi connectivity index (χ2n) is 5.62. The van der Waals surface area contributed by atoms with Crippen LogP contribution in [0.15, 0.2) is 0 Å². The normalized spacial score (nSPS) is 29.9. The Morgan fingerprint density at radius 2 is 2.11 bits per heavy atom. The molecule has 2 heterocycles. The smallest absolute Gasteiger partial charge is 0.236 e. The van der Waals surface area contributed by atoms with Gasteiger partial charge in [0.1, 0.15) is 0 Å². The molecule has 1 amide bonds. The van der Waals surface area contributed by atoms with Crippen LogP contribution in [-0.2, 0) is 4.79 Å². The fourth-order valence-electron chi connectivity index (χ4n) is 2.78. The average molecular weight is 250 g/mol. The summed E-state index contributed by atoms with van der Waals surface area (Å²) >= 11 is 0. The van der Waals surface area contributed by atoms with Crippen molar-refractivity contribution < 1.29 is 4.79 Å². The number of carbonyl (C=O) groups is 1. The largest absolute Gasteiger partial charge is 0.339 e. The van der Waals surface area contributed by atoms with Crippen LogP contribution in [0.4, 0.5) is 0 Å². The number of carbonyl (C=O) groups excluding carboxylic acids is 1. The van der Waals surface area contributed by atoms with Crippen molar-refractivity contribution >= 4 is 5.91 Å². The summed E-state index contributed by atoms with van der Waals surface area (Å²) in [6.45, 7) is 7.52. The Morgan fingerprint density at radius 3 is 2.78 bits per heavy atom. The van der Waals surface area contributed by atoms with Crippen molar-refractivity contribution in [2.75, 3.05) is 45.8 Å². The molecule has 0 aromatic rings. The number of amides is 1. The van der Waals surface area contributed by atoms with Gasteiger partial charge in [-0.05, 0) is 26.3 Å². The molecule has 2 aliphatic rings. The van der Waals surface area contributed by atoms with Crippen molar-refractivity contribution in [1.29, 1.82) is 5.26 Å². The standard InChI is InChI=1S/C13H22N4O/c1-13(10-14)3-2-6-16(11-13)9-12(18)17-7-4-15-5-8-17/h15H,2-9,11H2,1H3. The third-order valence-electron chi connectivity index (χ3n) is 3.87. The van der Waals surface area contributed by atoms with Crippen molar-refractivity contribution in [1.82, 2.24) is 15.1 Å². The number of nitrogens with zero attached hydrogens (tertiary/aromatic N) is 3. The lowest BCUT2D eigenvalue weighted by atomic mass is 9.83. The molecular formula is C13H22N4O. The lowest BCUT2D eigenvalue weighted by Crippen LogP contribution is -2.51. The van der Waals surface area contributed by atoms with Crippen molar-refractivity contribution in [2.45, 2.75) is 19.8 Å². The summed E-state index contributed by atoms with van der Waals surface area (Å²) in [7, 11) is 0. The molecule has 5 heteroatoms. The lowest BCUT2D eigenvalue weighted by molar-refractivity contribution is -0.133. The summed E-state index contributed by atoms with van der Waals surface area (Å²) in [6.07, 6.45) is 1.96. The molecule has 100 valence electrons. The number of piperidine rings is 1. The Hall–Kier alpha value is -1.12. The quantitative estimate of drug-likeness (QED) is 0.752. The second kappa shape index (κ2) is 5.68. The topological polar surface area (TPSA) is 59.4 Å². The zero-order valence-corrected chi connectivity index (χ0v) is 11.1. The van der Waals surface area contributed by atoms with Gasteiger partial charge in [-0.1, -0.05) is 0 Å². The number of nitrogens with one attached hydrogen (secondary N) is 1. The lowest BCUT2D eigenvalue weighted by Gasteiger charge is -2.37. The molecule has 1 atom stereocenters. The van der Waals surface area contributed by atoms with Crippen molar-refractivity contribution in [2.24, 2.45) is 5.41 Å². The van der Waals surface area contributed by atoms with E-state index < -0.39 is 0 Å². The highest BCUT2D eigenvalue weighted by molar-refractivity contribution is 5.78. The SMILES string of the molecule is CC1(C#N)CCCN(CC(=O)N2CCNCC2)C1. The Labute approximate surface area is 109 Å².